The van der Waals surface area contributed by atoms with E-state index in [1.165, 1.54) is 0 Å². The first kappa shape index (κ1) is 10.2. The van der Waals surface area contributed by atoms with Crippen LogP contribution in [0.1, 0.15) is 31.4 Å². The normalized spacial score (nSPS) is 11.2. The van der Waals surface area contributed by atoms with Crippen LogP contribution >= 0.6 is 0 Å². The molecule has 0 aliphatic carbocycles. The molecule has 0 aliphatic rings. The zero-order valence-electron chi connectivity index (χ0n) is 8.83. The fraction of sp³-hybridized carbons (Fsp3) is 0.778. The summed E-state index contributed by atoms with van der Waals surface area (Å²) in [4.78, 5) is 4.39. The molecule has 1 aromatic heterocycles. The van der Waals surface area contributed by atoms with Crippen molar-refractivity contribution in [2.45, 2.75) is 33.2 Å². The van der Waals surface area contributed by atoms with E-state index in [2.05, 4.69) is 29.2 Å². The molecule has 1 N–H and O–H groups in total. The molecule has 0 unspecified atom stereocenters. The first-order valence-corrected chi connectivity index (χ1v) is 4.71. The third-order valence-corrected chi connectivity index (χ3v) is 1.90. The van der Waals surface area contributed by atoms with Crippen molar-refractivity contribution in [2.75, 3.05) is 13.6 Å². The summed E-state index contributed by atoms with van der Waals surface area (Å²) in [5, 5.41) is 7.44. The lowest BCUT2D eigenvalue weighted by molar-refractivity contribution is 0.539. The second kappa shape index (κ2) is 4.37. The highest BCUT2D eigenvalue weighted by atomic mass is 15.3. The van der Waals surface area contributed by atoms with Gasteiger partial charge in [0.2, 0.25) is 0 Å². The number of aryl methyl sites for hydroxylation is 1. The number of aromatic nitrogens is 3. The lowest BCUT2D eigenvalue weighted by Gasteiger charge is -2.07. The lowest BCUT2D eigenvalue weighted by Crippen LogP contribution is -2.18. The Bertz CT molecular complexity index is 265. The van der Waals surface area contributed by atoms with Crippen LogP contribution in [-0.2, 0) is 6.54 Å². The van der Waals surface area contributed by atoms with Gasteiger partial charge in [0, 0.05) is 12.5 Å². The number of nitrogens with one attached hydrogen (secondary N) is 1. The van der Waals surface area contributed by atoms with E-state index in [-0.39, 0.29) is 0 Å². The minimum absolute atomic E-state index is 0.443. The van der Waals surface area contributed by atoms with Gasteiger partial charge in [-0.05, 0) is 14.0 Å². The first-order valence-electron chi connectivity index (χ1n) is 4.71. The molecule has 0 saturated carbocycles. The van der Waals surface area contributed by atoms with Gasteiger partial charge in [-0.3, -0.25) is 0 Å². The number of nitrogens with zero attached hydrogens (tertiary/aromatic N) is 3. The Kier molecular flexibility index (Phi) is 3.42. The summed E-state index contributed by atoms with van der Waals surface area (Å²) < 4.78 is 1.98. The molecule has 1 rings (SSSR count). The molecule has 0 fully saturated rings. The number of hydrogen-bond donors (Lipinski definition) is 1. The summed E-state index contributed by atoms with van der Waals surface area (Å²) in [5.74, 6) is 2.38. The molecule has 1 heterocycles. The Morgan fingerprint density at radius 3 is 2.69 bits per heavy atom. The lowest BCUT2D eigenvalue weighted by atomic mass is 10.2. The Hall–Kier alpha value is -0.900. The van der Waals surface area contributed by atoms with Crippen LogP contribution in [0.5, 0.6) is 0 Å². The second-order valence-corrected chi connectivity index (χ2v) is 3.50. The fourth-order valence-electron chi connectivity index (χ4n) is 1.28. The molecule has 13 heavy (non-hydrogen) atoms. The molecule has 0 atom stereocenters. The van der Waals surface area contributed by atoms with Crippen molar-refractivity contribution >= 4 is 0 Å². The van der Waals surface area contributed by atoms with E-state index in [0.717, 1.165) is 24.7 Å². The SMILES string of the molecule is CNCCn1nc(C)nc1C(C)C. The minimum atomic E-state index is 0.443. The number of rotatable bonds is 4. The van der Waals surface area contributed by atoms with Crippen LogP contribution in [0, 0.1) is 6.92 Å². The van der Waals surface area contributed by atoms with Crippen LogP contribution in [-0.4, -0.2) is 28.4 Å². The molecular formula is C9H18N4. The van der Waals surface area contributed by atoms with Gasteiger partial charge in [0.15, 0.2) is 0 Å². The molecule has 4 heteroatoms. The maximum atomic E-state index is 4.39. The van der Waals surface area contributed by atoms with E-state index in [0.29, 0.717) is 5.92 Å². The summed E-state index contributed by atoms with van der Waals surface area (Å²) in [7, 11) is 1.94. The summed E-state index contributed by atoms with van der Waals surface area (Å²) >= 11 is 0. The summed E-state index contributed by atoms with van der Waals surface area (Å²) in [6, 6.07) is 0. The van der Waals surface area contributed by atoms with Crippen molar-refractivity contribution in [2.24, 2.45) is 0 Å². The predicted molar refractivity (Wildman–Crippen MR) is 52.8 cm³/mol. The summed E-state index contributed by atoms with van der Waals surface area (Å²) in [6.45, 7) is 8.04. The molecule has 0 amide bonds. The van der Waals surface area contributed by atoms with Crippen molar-refractivity contribution < 1.29 is 0 Å². The predicted octanol–water partition coefficient (Wildman–Crippen LogP) is 0.929. The standard InChI is InChI=1S/C9H18N4/c1-7(2)9-11-8(3)12-13(9)6-5-10-4/h7,10H,5-6H2,1-4H3. The quantitative estimate of drug-likeness (QED) is 0.753. The van der Waals surface area contributed by atoms with E-state index in [1.807, 2.05) is 18.7 Å². The van der Waals surface area contributed by atoms with Crippen LogP contribution in [0.3, 0.4) is 0 Å². The van der Waals surface area contributed by atoms with Crippen LogP contribution in [0.15, 0.2) is 0 Å². The third kappa shape index (κ3) is 2.52. The average molecular weight is 182 g/mol. The number of likely N-dealkylation sites (N-methyl/N-ethyl adjacent to an activating group) is 1. The number of hydrogen-bond acceptors (Lipinski definition) is 3. The zero-order valence-corrected chi connectivity index (χ0v) is 8.83. The highest BCUT2D eigenvalue weighted by Crippen LogP contribution is 2.10. The highest BCUT2D eigenvalue weighted by Gasteiger charge is 2.09. The van der Waals surface area contributed by atoms with Gasteiger partial charge >= 0.3 is 0 Å². The van der Waals surface area contributed by atoms with Crippen molar-refractivity contribution in [1.82, 2.24) is 20.1 Å². The van der Waals surface area contributed by atoms with Crippen LogP contribution in [0.4, 0.5) is 0 Å². The van der Waals surface area contributed by atoms with Crippen molar-refractivity contribution in [3.8, 4) is 0 Å². The maximum Gasteiger partial charge on any atom is 0.147 e. The molecule has 1 aromatic rings. The Balaban J connectivity index is 2.78. The smallest absolute Gasteiger partial charge is 0.147 e. The molecule has 0 aliphatic heterocycles. The van der Waals surface area contributed by atoms with E-state index < -0.39 is 0 Å². The molecular weight excluding hydrogens is 164 g/mol. The Morgan fingerprint density at radius 1 is 1.46 bits per heavy atom. The Morgan fingerprint density at radius 2 is 2.15 bits per heavy atom. The molecule has 0 radical (unpaired) electrons. The van der Waals surface area contributed by atoms with E-state index >= 15 is 0 Å². The zero-order chi connectivity index (χ0) is 9.84. The van der Waals surface area contributed by atoms with Crippen molar-refractivity contribution in [3.05, 3.63) is 11.6 Å². The van der Waals surface area contributed by atoms with Crippen molar-refractivity contribution in [1.29, 1.82) is 0 Å². The second-order valence-electron chi connectivity index (χ2n) is 3.50. The Labute approximate surface area is 79.4 Å². The van der Waals surface area contributed by atoms with Crippen molar-refractivity contribution in [3.63, 3.8) is 0 Å². The van der Waals surface area contributed by atoms with Crippen LogP contribution in [0.25, 0.3) is 0 Å². The van der Waals surface area contributed by atoms with Crippen LogP contribution in [0.2, 0.25) is 0 Å². The molecule has 4 nitrogen and oxygen atoms in total. The van der Waals surface area contributed by atoms with Gasteiger partial charge in [0.05, 0.1) is 6.54 Å². The average Bonchev–Trinajstić information content (AvgIpc) is 2.43. The molecule has 0 bridgehead atoms. The largest absolute Gasteiger partial charge is 0.318 e. The first-order chi connectivity index (χ1) is 6.15. The maximum absolute atomic E-state index is 4.39. The molecule has 74 valence electrons. The van der Waals surface area contributed by atoms with E-state index in [1.54, 1.807) is 0 Å². The summed E-state index contributed by atoms with van der Waals surface area (Å²) in [6.07, 6.45) is 0. The van der Waals surface area contributed by atoms with E-state index in [9.17, 15) is 0 Å². The topological polar surface area (TPSA) is 42.7 Å². The van der Waals surface area contributed by atoms with Gasteiger partial charge in [-0.25, -0.2) is 9.67 Å². The fourth-order valence-corrected chi connectivity index (χ4v) is 1.28. The van der Waals surface area contributed by atoms with Gasteiger partial charge in [-0.2, -0.15) is 5.10 Å². The van der Waals surface area contributed by atoms with E-state index in [4.69, 9.17) is 0 Å². The van der Waals surface area contributed by atoms with Gasteiger partial charge in [-0.15, -0.1) is 0 Å². The minimum Gasteiger partial charge on any atom is -0.318 e. The van der Waals surface area contributed by atoms with Gasteiger partial charge in [0.1, 0.15) is 11.6 Å². The van der Waals surface area contributed by atoms with Gasteiger partial charge in [0.25, 0.3) is 0 Å². The van der Waals surface area contributed by atoms with Gasteiger partial charge in [-0.1, -0.05) is 13.8 Å². The summed E-state index contributed by atoms with van der Waals surface area (Å²) in [5.41, 5.74) is 0. The molecule has 0 aromatic carbocycles. The third-order valence-electron chi connectivity index (χ3n) is 1.90. The van der Waals surface area contributed by atoms with Crippen LogP contribution < -0.4 is 5.32 Å². The highest BCUT2D eigenvalue weighted by molar-refractivity contribution is 4.96. The monoisotopic (exact) mass is 182 g/mol. The van der Waals surface area contributed by atoms with Gasteiger partial charge < -0.3 is 5.32 Å². The molecule has 0 saturated heterocycles. The molecule has 0 spiro atoms.